The molecule has 1 unspecified atom stereocenters. The van der Waals surface area contributed by atoms with E-state index in [1.165, 1.54) is 6.92 Å². The first-order chi connectivity index (χ1) is 7.52. The first kappa shape index (κ1) is 12.4. The summed E-state index contributed by atoms with van der Waals surface area (Å²) >= 11 is 0. The van der Waals surface area contributed by atoms with E-state index in [0.29, 0.717) is 5.56 Å². The van der Waals surface area contributed by atoms with Crippen molar-refractivity contribution in [2.45, 2.75) is 26.8 Å². The van der Waals surface area contributed by atoms with Gasteiger partial charge in [-0.05, 0) is 25.0 Å². The lowest BCUT2D eigenvalue weighted by Gasteiger charge is -2.19. The number of hydrogen-bond donors (Lipinski definition) is 1. The van der Waals surface area contributed by atoms with E-state index in [-0.39, 0.29) is 17.6 Å². The van der Waals surface area contributed by atoms with E-state index in [4.69, 9.17) is 0 Å². The van der Waals surface area contributed by atoms with Gasteiger partial charge in [-0.3, -0.25) is 9.59 Å². The average molecular weight is 219 g/mol. The maximum Gasteiger partial charge on any atom is 0.251 e. The van der Waals surface area contributed by atoms with Crippen molar-refractivity contribution in [3.05, 3.63) is 35.9 Å². The summed E-state index contributed by atoms with van der Waals surface area (Å²) in [4.78, 5) is 23.1. The van der Waals surface area contributed by atoms with Crippen molar-refractivity contribution >= 4 is 11.7 Å². The van der Waals surface area contributed by atoms with Gasteiger partial charge in [-0.1, -0.05) is 32.0 Å². The average Bonchev–Trinajstić information content (AvgIpc) is 2.25. The van der Waals surface area contributed by atoms with Crippen LogP contribution < -0.4 is 5.32 Å². The number of benzene rings is 1. The summed E-state index contributed by atoms with van der Waals surface area (Å²) in [6, 6.07) is 8.49. The lowest BCUT2D eigenvalue weighted by atomic mass is 10.0. The van der Waals surface area contributed by atoms with Crippen LogP contribution in [-0.4, -0.2) is 17.7 Å². The Balaban J connectivity index is 2.74. The van der Waals surface area contributed by atoms with Crippen LogP contribution in [0, 0.1) is 5.92 Å². The molecule has 1 atom stereocenters. The van der Waals surface area contributed by atoms with Gasteiger partial charge in [0.1, 0.15) is 0 Å². The fourth-order valence-corrected chi connectivity index (χ4v) is 1.55. The van der Waals surface area contributed by atoms with Gasteiger partial charge in [0.2, 0.25) is 0 Å². The Morgan fingerprint density at radius 2 is 1.69 bits per heavy atom. The highest BCUT2D eigenvalue weighted by Gasteiger charge is 2.20. The largest absolute Gasteiger partial charge is 0.342 e. The Morgan fingerprint density at radius 3 is 2.12 bits per heavy atom. The summed E-state index contributed by atoms with van der Waals surface area (Å²) in [7, 11) is 0. The normalized spacial score (nSPS) is 12.2. The number of rotatable bonds is 4. The lowest BCUT2D eigenvalue weighted by Crippen LogP contribution is -2.43. The molecule has 16 heavy (non-hydrogen) atoms. The first-order valence-electron chi connectivity index (χ1n) is 5.38. The highest BCUT2D eigenvalue weighted by atomic mass is 16.2. The molecule has 0 bridgehead atoms. The van der Waals surface area contributed by atoms with Crippen molar-refractivity contribution in [1.29, 1.82) is 0 Å². The molecule has 0 aliphatic rings. The number of nitrogens with one attached hydrogen (secondary N) is 1. The third-order valence-corrected chi connectivity index (χ3v) is 2.43. The van der Waals surface area contributed by atoms with Crippen LogP contribution in [0.1, 0.15) is 31.1 Å². The molecule has 1 N–H and O–H groups in total. The number of hydrogen-bond acceptors (Lipinski definition) is 2. The lowest BCUT2D eigenvalue weighted by molar-refractivity contribution is -0.119. The molecule has 0 radical (unpaired) electrons. The Labute approximate surface area is 95.9 Å². The van der Waals surface area contributed by atoms with Crippen LogP contribution in [0.15, 0.2) is 30.3 Å². The monoisotopic (exact) mass is 219 g/mol. The Morgan fingerprint density at radius 1 is 1.12 bits per heavy atom. The van der Waals surface area contributed by atoms with Gasteiger partial charge in [-0.15, -0.1) is 0 Å². The molecule has 3 heteroatoms. The molecule has 0 aliphatic carbocycles. The van der Waals surface area contributed by atoms with Gasteiger partial charge in [0.25, 0.3) is 5.91 Å². The van der Waals surface area contributed by atoms with Crippen LogP contribution in [0.2, 0.25) is 0 Å². The van der Waals surface area contributed by atoms with Gasteiger partial charge in [0.05, 0.1) is 6.04 Å². The molecule has 86 valence electrons. The van der Waals surface area contributed by atoms with Gasteiger partial charge >= 0.3 is 0 Å². The van der Waals surface area contributed by atoms with Crippen molar-refractivity contribution in [1.82, 2.24) is 5.32 Å². The van der Waals surface area contributed by atoms with Crippen molar-refractivity contribution in [2.75, 3.05) is 0 Å². The summed E-state index contributed by atoms with van der Waals surface area (Å²) in [5.41, 5.74) is 0.578. The molecule has 1 aromatic rings. The highest BCUT2D eigenvalue weighted by molar-refractivity contribution is 5.97. The maximum atomic E-state index is 11.8. The van der Waals surface area contributed by atoms with Crippen LogP contribution in [0.5, 0.6) is 0 Å². The first-order valence-corrected chi connectivity index (χ1v) is 5.38. The summed E-state index contributed by atoms with van der Waals surface area (Å²) in [5, 5.41) is 2.74. The van der Waals surface area contributed by atoms with Crippen molar-refractivity contribution in [3.63, 3.8) is 0 Å². The summed E-state index contributed by atoms with van der Waals surface area (Å²) < 4.78 is 0. The summed E-state index contributed by atoms with van der Waals surface area (Å²) in [6.45, 7) is 5.32. The van der Waals surface area contributed by atoms with Crippen LogP contribution in [0.4, 0.5) is 0 Å². The number of carbonyl (C=O) groups is 2. The zero-order valence-corrected chi connectivity index (χ0v) is 9.86. The number of carbonyl (C=O) groups excluding carboxylic acids is 2. The standard InChI is InChI=1S/C13H17NO2/c1-9(2)12(10(3)15)14-13(16)11-7-5-4-6-8-11/h4-9,12H,1-3H3,(H,14,16). The zero-order chi connectivity index (χ0) is 12.1. The molecule has 0 spiro atoms. The second-order valence-electron chi connectivity index (χ2n) is 4.17. The topological polar surface area (TPSA) is 46.2 Å². The molecule has 0 fully saturated rings. The molecule has 1 aromatic carbocycles. The third kappa shape index (κ3) is 3.19. The minimum Gasteiger partial charge on any atom is -0.342 e. The van der Waals surface area contributed by atoms with Gasteiger partial charge in [-0.25, -0.2) is 0 Å². The third-order valence-electron chi connectivity index (χ3n) is 2.43. The molecule has 0 saturated heterocycles. The van der Waals surface area contributed by atoms with Crippen molar-refractivity contribution in [3.8, 4) is 0 Å². The van der Waals surface area contributed by atoms with Crippen molar-refractivity contribution < 1.29 is 9.59 Å². The molecule has 0 aliphatic heterocycles. The SMILES string of the molecule is CC(=O)C(NC(=O)c1ccccc1)C(C)C. The predicted molar refractivity (Wildman–Crippen MR) is 63.2 cm³/mol. The fourth-order valence-electron chi connectivity index (χ4n) is 1.55. The van der Waals surface area contributed by atoms with Crippen LogP contribution in [0.25, 0.3) is 0 Å². The number of Topliss-reactive ketones (excluding diaryl/α,β-unsaturated/α-hetero) is 1. The molecule has 0 saturated carbocycles. The number of amides is 1. The van der Waals surface area contributed by atoms with Gasteiger partial charge < -0.3 is 5.32 Å². The van der Waals surface area contributed by atoms with E-state index >= 15 is 0 Å². The smallest absolute Gasteiger partial charge is 0.251 e. The quantitative estimate of drug-likeness (QED) is 0.842. The molecule has 0 aromatic heterocycles. The van der Waals surface area contributed by atoms with E-state index < -0.39 is 6.04 Å². The van der Waals surface area contributed by atoms with Gasteiger partial charge in [0, 0.05) is 5.56 Å². The summed E-state index contributed by atoms with van der Waals surface area (Å²) in [6.07, 6.45) is 0. The molecular formula is C13H17NO2. The zero-order valence-electron chi connectivity index (χ0n) is 9.86. The van der Waals surface area contributed by atoms with E-state index in [2.05, 4.69) is 5.32 Å². The Bertz CT molecular complexity index is 371. The summed E-state index contributed by atoms with van der Waals surface area (Å²) in [5.74, 6) is -0.112. The van der Waals surface area contributed by atoms with Crippen LogP contribution in [-0.2, 0) is 4.79 Å². The van der Waals surface area contributed by atoms with E-state index in [9.17, 15) is 9.59 Å². The molecule has 1 rings (SSSR count). The molecule has 3 nitrogen and oxygen atoms in total. The van der Waals surface area contributed by atoms with E-state index in [0.717, 1.165) is 0 Å². The molecular weight excluding hydrogens is 202 g/mol. The van der Waals surface area contributed by atoms with E-state index in [1.54, 1.807) is 24.3 Å². The number of ketones is 1. The van der Waals surface area contributed by atoms with Crippen LogP contribution in [0.3, 0.4) is 0 Å². The fraction of sp³-hybridized carbons (Fsp3) is 0.385. The van der Waals surface area contributed by atoms with Crippen molar-refractivity contribution in [2.24, 2.45) is 5.92 Å². The second kappa shape index (κ2) is 5.45. The van der Waals surface area contributed by atoms with Gasteiger partial charge in [-0.2, -0.15) is 0 Å². The van der Waals surface area contributed by atoms with Gasteiger partial charge in [0.15, 0.2) is 5.78 Å². The Kier molecular flexibility index (Phi) is 4.23. The van der Waals surface area contributed by atoms with E-state index in [1.807, 2.05) is 19.9 Å². The minimum absolute atomic E-state index is 0.0146. The predicted octanol–water partition coefficient (Wildman–Crippen LogP) is 2.03. The maximum absolute atomic E-state index is 11.8. The molecule has 1 amide bonds. The van der Waals surface area contributed by atoms with Crippen LogP contribution >= 0.6 is 0 Å². The minimum atomic E-state index is -0.410. The Hall–Kier alpha value is -1.64. The highest BCUT2D eigenvalue weighted by Crippen LogP contribution is 2.05. The molecule has 0 heterocycles. The second-order valence-corrected chi connectivity index (χ2v) is 4.17.